The third kappa shape index (κ3) is 4.14. The molecule has 1 heterocycles. The Morgan fingerprint density at radius 2 is 1.83 bits per heavy atom. The summed E-state index contributed by atoms with van der Waals surface area (Å²) in [6.07, 6.45) is 5.63. The van der Waals surface area contributed by atoms with Crippen molar-refractivity contribution in [2.24, 2.45) is 5.92 Å². The van der Waals surface area contributed by atoms with Crippen LogP contribution in [0.2, 0.25) is 0 Å². The fourth-order valence-electron chi connectivity index (χ4n) is 3.19. The summed E-state index contributed by atoms with van der Waals surface area (Å²) >= 11 is 2.13. The molecule has 2 unspecified atom stereocenters. The van der Waals surface area contributed by atoms with Gasteiger partial charge in [-0.3, -0.25) is 4.90 Å². The predicted molar refractivity (Wildman–Crippen MR) is 82.4 cm³/mol. The van der Waals surface area contributed by atoms with Crippen LogP contribution in [0.3, 0.4) is 0 Å². The molecule has 2 rings (SSSR count). The zero-order chi connectivity index (χ0) is 13.0. The van der Waals surface area contributed by atoms with Gasteiger partial charge in [0.05, 0.1) is 0 Å². The fraction of sp³-hybridized carbons (Fsp3) is 1.00. The molecule has 0 spiro atoms. The highest BCUT2D eigenvalue weighted by Crippen LogP contribution is 2.24. The van der Waals surface area contributed by atoms with Gasteiger partial charge in [-0.25, -0.2) is 0 Å². The first-order valence-electron chi connectivity index (χ1n) is 7.76. The Morgan fingerprint density at radius 1 is 1.11 bits per heavy atom. The lowest BCUT2D eigenvalue weighted by Crippen LogP contribution is -2.48. The molecule has 106 valence electrons. The fourth-order valence-corrected chi connectivity index (χ4v) is 4.35. The molecule has 2 atom stereocenters. The lowest BCUT2D eigenvalue weighted by molar-refractivity contribution is 0.205. The second-order valence-corrected chi connectivity index (χ2v) is 7.75. The molecule has 1 aliphatic heterocycles. The van der Waals surface area contributed by atoms with Gasteiger partial charge in [0, 0.05) is 42.7 Å². The smallest absolute Gasteiger partial charge is 0.0184 e. The summed E-state index contributed by atoms with van der Waals surface area (Å²) in [4.78, 5) is 2.67. The Kier molecular flexibility index (Phi) is 5.84. The second-order valence-electron chi connectivity index (χ2n) is 6.26. The number of hydrogen-bond donors (Lipinski definition) is 1. The zero-order valence-corrected chi connectivity index (χ0v) is 13.1. The van der Waals surface area contributed by atoms with Crippen LogP contribution in [0, 0.1) is 5.92 Å². The largest absolute Gasteiger partial charge is 0.313 e. The van der Waals surface area contributed by atoms with E-state index in [-0.39, 0.29) is 0 Å². The van der Waals surface area contributed by atoms with Gasteiger partial charge < -0.3 is 5.32 Å². The Balaban J connectivity index is 1.62. The maximum atomic E-state index is 3.78. The van der Waals surface area contributed by atoms with Crippen LogP contribution in [-0.2, 0) is 0 Å². The van der Waals surface area contributed by atoms with E-state index < -0.39 is 0 Å². The van der Waals surface area contributed by atoms with Gasteiger partial charge in [-0.05, 0) is 38.5 Å². The average Bonchev–Trinajstić information content (AvgIpc) is 2.37. The highest BCUT2D eigenvalue weighted by Gasteiger charge is 2.25. The van der Waals surface area contributed by atoms with Gasteiger partial charge >= 0.3 is 0 Å². The monoisotopic (exact) mass is 270 g/mol. The first kappa shape index (κ1) is 14.7. The van der Waals surface area contributed by atoms with E-state index in [9.17, 15) is 0 Å². The Bertz CT molecular complexity index is 239. The van der Waals surface area contributed by atoms with Gasteiger partial charge in [-0.15, -0.1) is 0 Å². The lowest BCUT2D eigenvalue weighted by Gasteiger charge is -2.38. The van der Waals surface area contributed by atoms with Crippen LogP contribution in [0.1, 0.15) is 46.5 Å². The van der Waals surface area contributed by atoms with Crippen molar-refractivity contribution in [3.05, 3.63) is 0 Å². The molecule has 2 fully saturated rings. The summed E-state index contributed by atoms with van der Waals surface area (Å²) in [6, 6.07) is 1.55. The van der Waals surface area contributed by atoms with E-state index in [0.717, 1.165) is 23.3 Å². The van der Waals surface area contributed by atoms with Crippen molar-refractivity contribution in [2.45, 2.75) is 63.8 Å². The number of thioether (sulfide) groups is 1. The Hall–Kier alpha value is 0.270. The summed E-state index contributed by atoms with van der Waals surface area (Å²) in [5.74, 6) is 2.27. The highest BCUT2D eigenvalue weighted by molar-refractivity contribution is 8.00. The summed E-state index contributed by atoms with van der Waals surface area (Å²) < 4.78 is 0. The van der Waals surface area contributed by atoms with Gasteiger partial charge in [-0.1, -0.05) is 13.8 Å². The molecule has 0 bridgehead atoms. The summed E-state index contributed by atoms with van der Waals surface area (Å²) in [6.45, 7) is 10.8. The molecule has 18 heavy (non-hydrogen) atoms. The number of rotatable bonds is 4. The van der Waals surface area contributed by atoms with Gasteiger partial charge in [0.25, 0.3) is 0 Å². The molecule has 1 aliphatic carbocycles. The summed E-state index contributed by atoms with van der Waals surface area (Å²) in [5, 5.41) is 4.58. The molecule has 0 aromatic rings. The maximum Gasteiger partial charge on any atom is 0.0184 e. The molecule has 0 amide bonds. The third-order valence-electron chi connectivity index (χ3n) is 4.86. The lowest BCUT2D eigenvalue weighted by atomic mass is 9.87. The second kappa shape index (κ2) is 7.16. The van der Waals surface area contributed by atoms with Crippen molar-refractivity contribution in [3.63, 3.8) is 0 Å². The molecule has 2 aliphatic rings. The standard InChI is InChI=1S/C15H30N2S/c1-12-4-6-15(7-5-12)16-8-9-17-10-11-18-14(3)13(17)2/h12-16H,4-11H2,1-3H3. The van der Waals surface area contributed by atoms with Gasteiger partial charge in [0.15, 0.2) is 0 Å². The van der Waals surface area contributed by atoms with Crippen LogP contribution in [-0.4, -0.2) is 47.6 Å². The van der Waals surface area contributed by atoms with E-state index in [4.69, 9.17) is 0 Å². The van der Waals surface area contributed by atoms with Crippen LogP contribution in [0.5, 0.6) is 0 Å². The van der Waals surface area contributed by atoms with Crippen molar-refractivity contribution < 1.29 is 0 Å². The van der Waals surface area contributed by atoms with E-state index in [1.165, 1.54) is 51.1 Å². The third-order valence-corrected chi connectivity index (χ3v) is 6.20. The number of nitrogens with one attached hydrogen (secondary N) is 1. The highest BCUT2D eigenvalue weighted by atomic mass is 32.2. The first-order valence-corrected chi connectivity index (χ1v) is 8.80. The molecular formula is C15H30N2S. The van der Waals surface area contributed by atoms with E-state index in [0.29, 0.717) is 0 Å². The topological polar surface area (TPSA) is 15.3 Å². The van der Waals surface area contributed by atoms with Gasteiger partial charge in [0.2, 0.25) is 0 Å². The minimum absolute atomic E-state index is 0.747. The van der Waals surface area contributed by atoms with Crippen molar-refractivity contribution in [1.29, 1.82) is 0 Å². The van der Waals surface area contributed by atoms with Crippen LogP contribution in [0.15, 0.2) is 0 Å². The van der Waals surface area contributed by atoms with E-state index in [1.807, 2.05) is 0 Å². The Morgan fingerprint density at radius 3 is 2.56 bits per heavy atom. The molecule has 3 heteroatoms. The molecular weight excluding hydrogens is 240 g/mol. The van der Waals surface area contributed by atoms with Crippen molar-refractivity contribution in [1.82, 2.24) is 10.2 Å². The summed E-state index contributed by atoms with van der Waals surface area (Å²) in [5.41, 5.74) is 0. The molecule has 0 aromatic heterocycles. The molecule has 1 saturated carbocycles. The zero-order valence-electron chi connectivity index (χ0n) is 12.3. The van der Waals surface area contributed by atoms with Crippen LogP contribution < -0.4 is 5.32 Å². The van der Waals surface area contributed by atoms with Crippen LogP contribution in [0.25, 0.3) is 0 Å². The first-order chi connectivity index (χ1) is 8.66. The van der Waals surface area contributed by atoms with Crippen LogP contribution >= 0.6 is 11.8 Å². The average molecular weight is 270 g/mol. The molecule has 0 aromatic carbocycles. The quantitative estimate of drug-likeness (QED) is 0.845. The molecule has 1 N–H and O–H groups in total. The van der Waals surface area contributed by atoms with Gasteiger partial charge in [-0.2, -0.15) is 11.8 Å². The number of nitrogens with zero attached hydrogens (tertiary/aromatic N) is 1. The van der Waals surface area contributed by atoms with Crippen molar-refractivity contribution >= 4 is 11.8 Å². The van der Waals surface area contributed by atoms with Crippen LogP contribution in [0.4, 0.5) is 0 Å². The minimum Gasteiger partial charge on any atom is -0.313 e. The minimum atomic E-state index is 0.747. The maximum absolute atomic E-state index is 3.78. The molecule has 2 nitrogen and oxygen atoms in total. The molecule has 1 saturated heterocycles. The van der Waals surface area contributed by atoms with Crippen molar-refractivity contribution in [3.8, 4) is 0 Å². The van der Waals surface area contributed by atoms with E-state index >= 15 is 0 Å². The van der Waals surface area contributed by atoms with Gasteiger partial charge in [0.1, 0.15) is 0 Å². The molecule has 0 radical (unpaired) electrons. The SMILES string of the molecule is CC1CCC(NCCN2CCSC(C)C2C)CC1. The van der Waals surface area contributed by atoms with E-state index in [2.05, 4.69) is 42.7 Å². The number of hydrogen-bond acceptors (Lipinski definition) is 3. The van der Waals surface area contributed by atoms with E-state index in [1.54, 1.807) is 0 Å². The predicted octanol–water partition coefficient (Wildman–Crippen LogP) is 2.98. The normalized spacial score (nSPS) is 38.8. The summed E-state index contributed by atoms with van der Waals surface area (Å²) in [7, 11) is 0. The van der Waals surface area contributed by atoms with Crippen molar-refractivity contribution in [2.75, 3.05) is 25.4 Å². The Labute approximate surface area is 117 Å².